The molecule has 1 rings (SSSR count). The van der Waals surface area contributed by atoms with Crippen molar-refractivity contribution in [2.45, 2.75) is 47.1 Å². The van der Waals surface area contributed by atoms with Gasteiger partial charge >= 0.3 is 0 Å². The molecule has 2 N–H and O–H groups in total. The molecule has 1 nitrogen and oxygen atoms in total. The maximum absolute atomic E-state index is 6.08. The summed E-state index contributed by atoms with van der Waals surface area (Å²) in [7, 11) is 0. The fourth-order valence-corrected chi connectivity index (χ4v) is 2.08. The van der Waals surface area contributed by atoms with Gasteiger partial charge in [-0.25, -0.2) is 0 Å². The van der Waals surface area contributed by atoms with Gasteiger partial charge in [0.1, 0.15) is 0 Å². The molecule has 2 atom stereocenters. The summed E-state index contributed by atoms with van der Waals surface area (Å²) in [5.74, 6) is 0.757. The summed E-state index contributed by atoms with van der Waals surface area (Å²) in [5, 5.41) is 0. The Morgan fingerprint density at radius 3 is 1.64 bits per heavy atom. The number of nitrogens with two attached hydrogens (primary N) is 1. The molecule has 66 valence electrons. The van der Waals surface area contributed by atoms with Crippen molar-refractivity contribution < 1.29 is 0 Å². The fourth-order valence-electron chi connectivity index (χ4n) is 2.08. The Morgan fingerprint density at radius 2 is 1.55 bits per heavy atom. The summed E-state index contributed by atoms with van der Waals surface area (Å²) in [6.45, 7) is 11.6. The molecule has 0 heterocycles. The normalized spacial score (nSPS) is 40.9. The SMILES string of the molecule is CC1CC(N)C(C)(C)C1(C)C. The molecule has 0 radical (unpaired) electrons. The van der Waals surface area contributed by atoms with Gasteiger partial charge < -0.3 is 5.73 Å². The minimum Gasteiger partial charge on any atom is -0.327 e. The predicted octanol–water partition coefficient (Wildman–Crippen LogP) is 2.41. The molecule has 0 spiro atoms. The van der Waals surface area contributed by atoms with Gasteiger partial charge in [-0.05, 0) is 23.2 Å². The summed E-state index contributed by atoms with van der Waals surface area (Å²) in [5.41, 5.74) is 6.77. The Morgan fingerprint density at radius 1 is 1.09 bits per heavy atom. The van der Waals surface area contributed by atoms with Crippen LogP contribution in [0.15, 0.2) is 0 Å². The van der Waals surface area contributed by atoms with Gasteiger partial charge in [-0.3, -0.25) is 0 Å². The molecule has 1 saturated carbocycles. The van der Waals surface area contributed by atoms with Gasteiger partial charge in [-0.2, -0.15) is 0 Å². The first-order chi connectivity index (χ1) is 4.80. The first kappa shape index (κ1) is 9.05. The van der Waals surface area contributed by atoms with Gasteiger partial charge in [-0.1, -0.05) is 34.6 Å². The molecule has 0 amide bonds. The maximum Gasteiger partial charge on any atom is 0.00982 e. The molecular weight excluding hydrogens is 134 g/mol. The second-order valence-corrected chi connectivity index (χ2v) is 5.19. The lowest BCUT2D eigenvalue weighted by Gasteiger charge is -2.39. The third-order valence-electron chi connectivity index (χ3n) is 4.43. The Labute approximate surface area is 70.4 Å². The highest BCUT2D eigenvalue weighted by molar-refractivity contribution is 5.03. The van der Waals surface area contributed by atoms with Gasteiger partial charge in [0.05, 0.1) is 0 Å². The summed E-state index contributed by atoms with van der Waals surface area (Å²) < 4.78 is 0. The highest BCUT2D eigenvalue weighted by atomic mass is 14.8. The van der Waals surface area contributed by atoms with E-state index in [2.05, 4.69) is 34.6 Å². The molecule has 0 bridgehead atoms. The third kappa shape index (κ3) is 1.01. The zero-order valence-corrected chi connectivity index (χ0v) is 8.44. The van der Waals surface area contributed by atoms with Gasteiger partial charge in [0, 0.05) is 6.04 Å². The van der Waals surface area contributed by atoms with Crippen LogP contribution in [-0.2, 0) is 0 Å². The molecular formula is C10H21N. The second-order valence-electron chi connectivity index (χ2n) is 5.19. The molecule has 0 aromatic rings. The van der Waals surface area contributed by atoms with Crippen LogP contribution in [0.25, 0.3) is 0 Å². The van der Waals surface area contributed by atoms with Crippen LogP contribution < -0.4 is 5.73 Å². The Balaban J connectivity index is 2.95. The van der Waals surface area contributed by atoms with Crippen molar-refractivity contribution in [3.63, 3.8) is 0 Å². The van der Waals surface area contributed by atoms with E-state index in [-0.39, 0.29) is 0 Å². The first-order valence-corrected chi connectivity index (χ1v) is 4.55. The average Bonchev–Trinajstić information content (AvgIpc) is 1.95. The van der Waals surface area contributed by atoms with Crippen molar-refractivity contribution in [2.24, 2.45) is 22.5 Å². The predicted molar refractivity (Wildman–Crippen MR) is 49.3 cm³/mol. The summed E-state index contributed by atoms with van der Waals surface area (Å²) >= 11 is 0. The topological polar surface area (TPSA) is 26.0 Å². The van der Waals surface area contributed by atoms with E-state index in [4.69, 9.17) is 5.73 Å². The molecule has 2 unspecified atom stereocenters. The largest absolute Gasteiger partial charge is 0.327 e. The lowest BCUT2D eigenvalue weighted by Crippen LogP contribution is -2.40. The zero-order chi connectivity index (χ0) is 8.86. The fraction of sp³-hybridized carbons (Fsp3) is 1.00. The van der Waals surface area contributed by atoms with Gasteiger partial charge in [0.15, 0.2) is 0 Å². The molecule has 0 aliphatic heterocycles. The number of hydrogen-bond donors (Lipinski definition) is 1. The van der Waals surface area contributed by atoms with E-state index < -0.39 is 0 Å². The van der Waals surface area contributed by atoms with E-state index in [1.165, 1.54) is 6.42 Å². The smallest absolute Gasteiger partial charge is 0.00982 e. The average molecular weight is 155 g/mol. The Kier molecular flexibility index (Phi) is 1.83. The van der Waals surface area contributed by atoms with E-state index in [0.29, 0.717) is 16.9 Å². The number of hydrogen-bond acceptors (Lipinski definition) is 1. The third-order valence-corrected chi connectivity index (χ3v) is 4.43. The van der Waals surface area contributed by atoms with Crippen LogP contribution in [0.4, 0.5) is 0 Å². The van der Waals surface area contributed by atoms with Crippen LogP contribution in [0.2, 0.25) is 0 Å². The highest BCUT2D eigenvalue weighted by Gasteiger charge is 2.51. The maximum atomic E-state index is 6.08. The van der Waals surface area contributed by atoms with Crippen molar-refractivity contribution in [1.29, 1.82) is 0 Å². The molecule has 0 aromatic heterocycles. The van der Waals surface area contributed by atoms with E-state index in [9.17, 15) is 0 Å². The summed E-state index contributed by atoms with van der Waals surface area (Å²) in [6, 6.07) is 0.382. The van der Waals surface area contributed by atoms with Crippen molar-refractivity contribution in [1.82, 2.24) is 0 Å². The van der Waals surface area contributed by atoms with Crippen molar-refractivity contribution in [3.05, 3.63) is 0 Å². The molecule has 11 heavy (non-hydrogen) atoms. The molecule has 1 aliphatic carbocycles. The molecule has 0 saturated heterocycles. The van der Waals surface area contributed by atoms with Crippen molar-refractivity contribution >= 4 is 0 Å². The minimum absolute atomic E-state index is 0.298. The van der Waals surface area contributed by atoms with Crippen LogP contribution in [0.5, 0.6) is 0 Å². The van der Waals surface area contributed by atoms with Crippen LogP contribution >= 0.6 is 0 Å². The van der Waals surface area contributed by atoms with E-state index in [0.717, 1.165) is 5.92 Å². The first-order valence-electron chi connectivity index (χ1n) is 4.55. The minimum atomic E-state index is 0.298. The van der Waals surface area contributed by atoms with E-state index >= 15 is 0 Å². The van der Waals surface area contributed by atoms with Gasteiger partial charge in [-0.15, -0.1) is 0 Å². The van der Waals surface area contributed by atoms with Crippen molar-refractivity contribution in [3.8, 4) is 0 Å². The molecule has 0 aromatic carbocycles. The standard InChI is InChI=1S/C10H21N/c1-7-6-8(11)10(4,5)9(7,2)3/h7-8H,6,11H2,1-5H3. The van der Waals surface area contributed by atoms with E-state index in [1.54, 1.807) is 0 Å². The van der Waals surface area contributed by atoms with Crippen molar-refractivity contribution in [2.75, 3.05) is 0 Å². The molecule has 1 aliphatic rings. The van der Waals surface area contributed by atoms with Crippen LogP contribution in [0, 0.1) is 16.7 Å². The zero-order valence-electron chi connectivity index (χ0n) is 8.44. The lowest BCUT2D eigenvalue weighted by molar-refractivity contribution is 0.105. The van der Waals surface area contributed by atoms with Crippen LogP contribution in [0.1, 0.15) is 41.0 Å². The summed E-state index contributed by atoms with van der Waals surface area (Å²) in [6.07, 6.45) is 1.18. The lowest BCUT2D eigenvalue weighted by atomic mass is 9.66. The number of rotatable bonds is 0. The monoisotopic (exact) mass is 155 g/mol. The quantitative estimate of drug-likeness (QED) is 0.571. The molecule has 1 heteroatoms. The van der Waals surface area contributed by atoms with Crippen LogP contribution in [-0.4, -0.2) is 6.04 Å². The summed E-state index contributed by atoms with van der Waals surface area (Å²) in [4.78, 5) is 0. The second kappa shape index (κ2) is 2.22. The molecule has 1 fully saturated rings. The Bertz CT molecular complexity index is 140. The van der Waals surface area contributed by atoms with Gasteiger partial charge in [0.25, 0.3) is 0 Å². The highest BCUT2D eigenvalue weighted by Crippen LogP contribution is 2.54. The van der Waals surface area contributed by atoms with Gasteiger partial charge in [0.2, 0.25) is 0 Å². The van der Waals surface area contributed by atoms with E-state index in [1.807, 2.05) is 0 Å². The Hall–Kier alpha value is -0.0400. The van der Waals surface area contributed by atoms with Crippen LogP contribution in [0.3, 0.4) is 0 Å².